The molecule has 19 heavy (non-hydrogen) atoms. The second-order valence-electron chi connectivity index (χ2n) is 4.87. The fourth-order valence-corrected chi connectivity index (χ4v) is 1.92. The molecule has 0 radical (unpaired) electrons. The third kappa shape index (κ3) is 2.26. The summed E-state index contributed by atoms with van der Waals surface area (Å²) in [5, 5.41) is 0.439. The third-order valence-electron chi connectivity index (χ3n) is 3.23. The molecule has 0 bridgehead atoms. The maximum absolute atomic E-state index is 12.4. The molecule has 0 fully saturated rings. The molecule has 0 aliphatic rings. The molecule has 4 heteroatoms. The molecule has 0 spiro atoms. The molecule has 1 aromatic heterocycles. The second-order valence-corrected chi connectivity index (χ2v) is 4.87. The van der Waals surface area contributed by atoms with Gasteiger partial charge < -0.3 is 9.32 Å². The summed E-state index contributed by atoms with van der Waals surface area (Å²) in [6, 6.07) is 7.10. The van der Waals surface area contributed by atoms with Crippen molar-refractivity contribution in [2.24, 2.45) is 0 Å². The number of para-hydroxylation sites is 1. The van der Waals surface area contributed by atoms with Gasteiger partial charge in [0, 0.05) is 13.1 Å². The van der Waals surface area contributed by atoms with Crippen molar-refractivity contribution < 1.29 is 9.21 Å². The van der Waals surface area contributed by atoms with E-state index in [-0.39, 0.29) is 22.8 Å². The van der Waals surface area contributed by atoms with E-state index in [9.17, 15) is 9.59 Å². The first-order valence-corrected chi connectivity index (χ1v) is 6.23. The highest BCUT2D eigenvalue weighted by Gasteiger charge is 2.21. The molecule has 0 amide bonds. The molecule has 4 nitrogen and oxygen atoms in total. The van der Waals surface area contributed by atoms with Crippen molar-refractivity contribution in [2.75, 3.05) is 11.9 Å². The first-order valence-electron chi connectivity index (χ1n) is 6.23. The van der Waals surface area contributed by atoms with Crippen LogP contribution in [0.5, 0.6) is 0 Å². The van der Waals surface area contributed by atoms with Crippen molar-refractivity contribution in [3.8, 4) is 0 Å². The van der Waals surface area contributed by atoms with Crippen molar-refractivity contribution >= 4 is 22.6 Å². The van der Waals surface area contributed by atoms with Gasteiger partial charge in [-0.1, -0.05) is 12.1 Å². The Hall–Kier alpha value is -2.10. The van der Waals surface area contributed by atoms with Crippen LogP contribution in [0.3, 0.4) is 0 Å². The maximum Gasteiger partial charge on any atom is 0.210 e. The van der Waals surface area contributed by atoms with E-state index in [1.54, 1.807) is 29.2 Å². The minimum atomic E-state index is -0.276. The number of anilines is 1. The Balaban J connectivity index is 2.85. The number of fused-ring (bicyclic) bond motifs is 1. The number of hydrogen-bond acceptors (Lipinski definition) is 4. The summed E-state index contributed by atoms with van der Waals surface area (Å²) in [6.07, 6.45) is 0. The molecule has 0 aliphatic carbocycles. The van der Waals surface area contributed by atoms with Crippen molar-refractivity contribution in [1.82, 2.24) is 0 Å². The summed E-state index contributed by atoms with van der Waals surface area (Å²) in [5.41, 5.74) is 0.353. The molecule has 1 heterocycles. The van der Waals surface area contributed by atoms with E-state index < -0.39 is 0 Å². The van der Waals surface area contributed by atoms with Gasteiger partial charge in [0.25, 0.3) is 0 Å². The molecular formula is C15H17NO3. The average molecular weight is 259 g/mol. The van der Waals surface area contributed by atoms with Gasteiger partial charge in [-0.05, 0) is 32.9 Å². The molecule has 0 N–H and O–H groups in total. The highest BCUT2D eigenvalue weighted by Crippen LogP contribution is 2.24. The number of Topliss-reactive ketones (excluding diaryl/α,β-unsaturated/α-hetero) is 1. The van der Waals surface area contributed by atoms with Crippen LogP contribution < -0.4 is 10.3 Å². The summed E-state index contributed by atoms with van der Waals surface area (Å²) in [4.78, 5) is 26.0. The molecule has 0 saturated carbocycles. The fraction of sp³-hybridized carbons (Fsp3) is 0.333. The number of carbonyl (C=O) groups is 1. The van der Waals surface area contributed by atoms with Crippen molar-refractivity contribution in [3.63, 3.8) is 0 Å². The van der Waals surface area contributed by atoms with Gasteiger partial charge in [-0.3, -0.25) is 9.59 Å². The lowest BCUT2D eigenvalue weighted by molar-refractivity contribution is 0.101. The smallest absolute Gasteiger partial charge is 0.210 e. The Morgan fingerprint density at radius 3 is 2.47 bits per heavy atom. The normalized spacial score (nSPS) is 11.0. The Kier molecular flexibility index (Phi) is 3.42. The SMILES string of the molecule is CC(=O)c1c(N(C)C(C)C)oc2ccccc2c1=O. The van der Waals surface area contributed by atoms with Gasteiger partial charge in [-0.15, -0.1) is 0 Å². The Morgan fingerprint density at radius 1 is 1.26 bits per heavy atom. The van der Waals surface area contributed by atoms with Gasteiger partial charge in [-0.2, -0.15) is 0 Å². The number of nitrogens with zero attached hydrogens (tertiary/aromatic N) is 1. The highest BCUT2D eigenvalue weighted by molar-refractivity contribution is 6.01. The number of carbonyl (C=O) groups excluding carboxylic acids is 1. The number of benzene rings is 1. The van der Waals surface area contributed by atoms with Crippen LogP contribution in [0.25, 0.3) is 11.0 Å². The van der Waals surface area contributed by atoms with Crippen molar-refractivity contribution in [2.45, 2.75) is 26.8 Å². The topological polar surface area (TPSA) is 50.5 Å². The lowest BCUT2D eigenvalue weighted by Crippen LogP contribution is -2.29. The summed E-state index contributed by atoms with van der Waals surface area (Å²) in [5.74, 6) is 0.0632. The minimum Gasteiger partial charge on any atom is -0.439 e. The van der Waals surface area contributed by atoms with Crippen LogP contribution in [-0.4, -0.2) is 18.9 Å². The summed E-state index contributed by atoms with van der Waals surface area (Å²) < 4.78 is 5.76. The zero-order chi connectivity index (χ0) is 14.2. The van der Waals surface area contributed by atoms with Gasteiger partial charge >= 0.3 is 0 Å². The average Bonchev–Trinajstić information content (AvgIpc) is 2.37. The van der Waals surface area contributed by atoms with Gasteiger partial charge in [0.1, 0.15) is 11.1 Å². The van der Waals surface area contributed by atoms with Crippen LogP contribution in [0.4, 0.5) is 5.88 Å². The third-order valence-corrected chi connectivity index (χ3v) is 3.23. The molecular weight excluding hydrogens is 242 g/mol. The summed E-state index contributed by atoms with van der Waals surface area (Å²) in [7, 11) is 1.81. The maximum atomic E-state index is 12.4. The Morgan fingerprint density at radius 2 is 1.89 bits per heavy atom. The first kappa shape index (κ1) is 13.3. The second kappa shape index (κ2) is 4.88. The molecule has 0 saturated heterocycles. The molecule has 2 aromatic rings. The Labute approximate surface area is 111 Å². The van der Waals surface area contributed by atoms with E-state index in [0.29, 0.717) is 16.9 Å². The fourth-order valence-electron chi connectivity index (χ4n) is 1.92. The van der Waals surface area contributed by atoms with E-state index in [0.717, 1.165) is 0 Å². The van der Waals surface area contributed by atoms with Crippen molar-refractivity contribution in [1.29, 1.82) is 0 Å². The predicted molar refractivity (Wildman–Crippen MR) is 76.0 cm³/mol. The van der Waals surface area contributed by atoms with Crippen LogP contribution in [0.2, 0.25) is 0 Å². The minimum absolute atomic E-state index is 0.120. The number of hydrogen-bond donors (Lipinski definition) is 0. The lowest BCUT2D eigenvalue weighted by atomic mass is 10.1. The zero-order valence-corrected chi connectivity index (χ0v) is 11.6. The molecule has 0 atom stereocenters. The Bertz CT molecular complexity index is 685. The molecule has 0 aliphatic heterocycles. The number of ketones is 1. The summed E-state index contributed by atoms with van der Waals surface area (Å²) >= 11 is 0. The standard InChI is InChI=1S/C15H17NO3/c1-9(2)16(4)15-13(10(3)17)14(18)11-7-5-6-8-12(11)19-15/h5-9H,1-4H3. The largest absolute Gasteiger partial charge is 0.439 e. The van der Waals surface area contributed by atoms with E-state index >= 15 is 0 Å². The van der Waals surface area contributed by atoms with Crippen LogP contribution >= 0.6 is 0 Å². The molecule has 100 valence electrons. The molecule has 1 aromatic carbocycles. The highest BCUT2D eigenvalue weighted by atomic mass is 16.4. The van der Waals surface area contributed by atoms with E-state index in [1.807, 2.05) is 20.9 Å². The van der Waals surface area contributed by atoms with Gasteiger partial charge in [0.05, 0.1) is 5.39 Å². The quantitative estimate of drug-likeness (QED) is 0.795. The van der Waals surface area contributed by atoms with Crippen LogP contribution in [0, 0.1) is 0 Å². The lowest BCUT2D eigenvalue weighted by Gasteiger charge is -2.23. The van der Waals surface area contributed by atoms with Crippen LogP contribution in [0.1, 0.15) is 31.1 Å². The van der Waals surface area contributed by atoms with E-state index in [2.05, 4.69) is 0 Å². The van der Waals surface area contributed by atoms with Gasteiger partial charge in [-0.25, -0.2) is 0 Å². The zero-order valence-electron chi connectivity index (χ0n) is 11.6. The predicted octanol–water partition coefficient (Wildman–Crippen LogP) is 2.84. The summed E-state index contributed by atoms with van der Waals surface area (Å²) in [6.45, 7) is 5.33. The molecule has 2 rings (SSSR count). The van der Waals surface area contributed by atoms with Crippen LogP contribution in [-0.2, 0) is 0 Å². The van der Waals surface area contributed by atoms with Crippen LogP contribution in [0.15, 0.2) is 33.5 Å². The van der Waals surface area contributed by atoms with Crippen molar-refractivity contribution in [3.05, 3.63) is 40.1 Å². The monoisotopic (exact) mass is 259 g/mol. The van der Waals surface area contributed by atoms with E-state index in [4.69, 9.17) is 4.42 Å². The van der Waals surface area contributed by atoms with Gasteiger partial charge in [0.15, 0.2) is 5.78 Å². The number of rotatable bonds is 3. The van der Waals surface area contributed by atoms with Gasteiger partial charge in [0.2, 0.25) is 11.3 Å². The first-order chi connectivity index (χ1) is 8.93. The van der Waals surface area contributed by atoms with E-state index in [1.165, 1.54) is 6.92 Å². The molecule has 0 unspecified atom stereocenters.